The molecule has 0 radical (unpaired) electrons. The van der Waals surface area contributed by atoms with Crippen molar-refractivity contribution in [3.63, 3.8) is 0 Å². The minimum absolute atomic E-state index is 0.0554. The Morgan fingerprint density at radius 3 is 2.54 bits per heavy atom. The molecule has 0 aliphatic carbocycles. The fourth-order valence-electron chi connectivity index (χ4n) is 0.805. The average Bonchev–Trinajstić information content (AvgIpc) is 2.09. The third kappa shape index (κ3) is 2.17. The molecule has 0 aliphatic heterocycles. The molecular formula is C9H7F2NO. The molecule has 0 bridgehead atoms. The first kappa shape index (κ1) is 9.49. The van der Waals surface area contributed by atoms with E-state index in [0.29, 0.717) is 0 Å². The van der Waals surface area contributed by atoms with Gasteiger partial charge in [0.15, 0.2) is 11.6 Å². The standard InChI is InChI=1S/C9H7F2NO/c10-7-4-6(2-1-3-13)9(12)5-8(7)11/h4-5,13H,3,12H2. The van der Waals surface area contributed by atoms with Crippen LogP contribution in [0.3, 0.4) is 0 Å². The largest absolute Gasteiger partial charge is 0.398 e. The Morgan fingerprint density at radius 2 is 1.92 bits per heavy atom. The van der Waals surface area contributed by atoms with Crippen molar-refractivity contribution in [1.82, 2.24) is 0 Å². The van der Waals surface area contributed by atoms with Gasteiger partial charge in [-0.2, -0.15) is 0 Å². The zero-order valence-corrected chi connectivity index (χ0v) is 6.64. The van der Waals surface area contributed by atoms with E-state index in [1.54, 1.807) is 0 Å². The summed E-state index contributed by atoms with van der Waals surface area (Å²) in [6.07, 6.45) is 0. The highest BCUT2D eigenvalue weighted by Crippen LogP contribution is 2.15. The Morgan fingerprint density at radius 1 is 1.31 bits per heavy atom. The van der Waals surface area contributed by atoms with Crippen molar-refractivity contribution in [3.05, 3.63) is 29.3 Å². The lowest BCUT2D eigenvalue weighted by molar-refractivity contribution is 0.350. The highest BCUT2D eigenvalue weighted by atomic mass is 19.2. The van der Waals surface area contributed by atoms with Crippen LogP contribution in [-0.4, -0.2) is 11.7 Å². The number of rotatable bonds is 0. The van der Waals surface area contributed by atoms with Crippen LogP contribution < -0.4 is 5.73 Å². The minimum atomic E-state index is -1.01. The third-order valence-corrected chi connectivity index (χ3v) is 1.39. The number of aliphatic hydroxyl groups is 1. The molecule has 0 unspecified atom stereocenters. The van der Waals surface area contributed by atoms with E-state index in [-0.39, 0.29) is 17.9 Å². The number of anilines is 1. The van der Waals surface area contributed by atoms with Gasteiger partial charge in [0, 0.05) is 6.07 Å². The summed E-state index contributed by atoms with van der Waals surface area (Å²) in [5.74, 6) is 2.68. The monoisotopic (exact) mass is 183 g/mol. The number of benzene rings is 1. The lowest BCUT2D eigenvalue weighted by atomic mass is 10.2. The van der Waals surface area contributed by atoms with E-state index in [2.05, 4.69) is 11.8 Å². The van der Waals surface area contributed by atoms with Crippen molar-refractivity contribution in [2.45, 2.75) is 0 Å². The maximum absolute atomic E-state index is 12.6. The van der Waals surface area contributed by atoms with Crippen molar-refractivity contribution in [3.8, 4) is 11.8 Å². The van der Waals surface area contributed by atoms with Crippen molar-refractivity contribution in [2.24, 2.45) is 0 Å². The normalized spacial score (nSPS) is 9.15. The Labute approximate surface area is 74.0 Å². The number of halogens is 2. The van der Waals surface area contributed by atoms with Gasteiger partial charge in [0.05, 0.1) is 11.3 Å². The van der Waals surface area contributed by atoms with Gasteiger partial charge < -0.3 is 10.8 Å². The van der Waals surface area contributed by atoms with Crippen LogP contribution in [0.4, 0.5) is 14.5 Å². The zero-order valence-electron chi connectivity index (χ0n) is 6.64. The number of hydrogen-bond donors (Lipinski definition) is 2. The van der Waals surface area contributed by atoms with E-state index >= 15 is 0 Å². The fraction of sp³-hybridized carbons (Fsp3) is 0.111. The number of nitrogen functional groups attached to an aromatic ring is 1. The smallest absolute Gasteiger partial charge is 0.160 e. The highest BCUT2D eigenvalue weighted by Gasteiger charge is 2.04. The summed E-state index contributed by atoms with van der Waals surface area (Å²) in [7, 11) is 0. The molecule has 0 fully saturated rings. The van der Waals surface area contributed by atoms with Crippen LogP contribution in [0.25, 0.3) is 0 Å². The molecule has 0 saturated heterocycles. The summed E-state index contributed by atoms with van der Waals surface area (Å²) in [5.41, 5.74) is 5.57. The van der Waals surface area contributed by atoms with Gasteiger partial charge in [0.25, 0.3) is 0 Å². The molecular weight excluding hydrogens is 176 g/mol. The molecule has 1 aromatic carbocycles. The summed E-state index contributed by atoms with van der Waals surface area (Å²) >= 11 is 0. The average molecular weight is 183 g/mol. The topological polar surface area (TPSA) is 46.2 Å². The fourth-order valence-corrected chi connectivity index (χ4v) is 0.805. The van der Waals surface area contributed by atoms with Crippen LogP contribution in [0.5, 0.6) is 0 Å². The quantitative estimate of drug-likeness (QED) is 0.463. The Bertz CT molecular complexity index is 379. The first-order valence-electron chi connectivity index (χ1n) is 3.49. The molecule has 0 saturated carbocycles. The van der Waals surface area contributed by atoms with Crippen molar-refractivity contribution in [2.75, 3.05) is 12.3 Å². The predicted molar refractivity (Wildman–Crippen MR) is 44.7 cm³/mol. The number of aliphatic hydroxyl groups excluding tert-OH is 1. The van der Waals surface area contributed by atoms with Gasteiger partial charge in [0.2, 0.25) is 0 Å². The highest BCUT2D eigenvalue weighted by molar-refractivity contribution is 5.56. The summed E-state index contributed by atoms with van der Waals surface area (Å²) < 4.78 is 25.2. The Kier molecular flexibility index (Phi) is 2.83. The van der Waals surface area contributed by atoms with Crippen molar-refractivity contribution in [1.29, 1.82) is 0 Å². The van der Waals surface area contributed by atoms with Crippen LogP contribution in [-0.2, 0) is 0 Å². The van der Waals surface area contributed by atoms with E-state index < -0.39 is 11.6 Å². The lowest BCUT2D eigenvalue weighted by Crippen LogP contribution is -1.94. The van der Waals surface area contributed by atoms with Crippen molar-refractivity contribution < 1.29 is 13.9 Å². The molecule has 4 heteroatoms. The maximum atomic E-state index is 12.6. The molecule has 13 heavy (non-hydrogen) atoms. The van der Waals surface area contributed by atoms with Gasteiger partial charge in [-0.3, -0.25) is 0 Å². The second-order valence-electron chi connectivity index (χ2n) is 2.31. The summed E-state index contributed by atoms with van der Waals surface area (Å²) in [6.45, 7) is -0.349. The van der Waals surface area contributed by atoms with Gasteiger partial charge in [0.1, 0.15) is 6.61 Å². The van der Waals surface area contributed by atoms with Gasteiger partial charge in [-0.15, -0.1) is 0 Å². The van der Waals surface area contributed by atoms with Gasteiger partial charge in [-0.05, 0) is 6.07 Å². The summed E-state index contributed by atoms with van der Waals surface area (Å²) in [6, 6.07) is 1.75. The van der Waals surface area contributed by atoms with Crippen LogP contribution in [0, 0.1) is 23.5 Å². The molecule has 3 N–H and O–H groups in total. The number of nitrogens with two attached hydrogens (primary N) is 1. The first-order valence-corrected chi connectivity index (χ1v) is 3.49. The lowest BCUT2D eigenvalue weighted by Gasteiger charge is -1.98. The predicted octanol–water partition coefficient (Wildman–Crippen LogP) is 0.891. The van der Waals surface area contributed by atoms with E-state index in [4.69, 9.17) is 10.8 Å². The Hall–Kier alpha value is -1.60. The maximum Gasteiger partial charge on any atom is 0.160 e. The molecule has 1 rings (SSSR count). The molecule has 0 heterocycles. The third-order valence-electron chi connectivity index (χ3n) is 1.39. The summed E-state index contributed by atoms with van der Waals surface area (Å²) in [4.78, 5) is 0. The molecule has 2 nitrogen and oxygen atoms in total. The van der Waals surface area contributed by atoms with Gasteiger partial charge >= 0.3 is 0 Å². The van der Waals surface area contributed by atoms with Crippen LogP contribution in [0.15, 0.2) is 12.1 Å². The molecule has 0 spiro atoms. The summed E-state index contributed by atoms with van der Waals surface area (Å²) in [5, 5.41) is 8.36. The molecule has 0 atom stereocenters. The van der Waals surface area contributed by atoms with E-state index in [1.165, 1.54) is 0 Å². The van der Waals surface area contributed by atoms with Gasteiger partial charge in [-0.25, -0.2) is 8.78 Å². The van der Waals surface area contributed by atoms with E-state index in [0.717, 1.165) is 12.1 Å². The molecule has 68 valence electrons. The Balaban J connectivity index is 3.16. The SMILES string of the molecule is Nc1cc(F)c(F)cc1C#CCO. The molecule has 1 aromatic rings. The molecule has 0 amide bonds. The first-order chi connectivity index (χ1) is 6.15. The van der Waals surface area contributed by atoms with Crippen LogP contribution in [0.2, 0.25) is 0 Å². The van der Waals surface area contributed by atoms with E-state index in [9.17, 15) is 8.78 Å². The second kappa shape index (κ2) is 3.87. The van der Waals surface area contributed by atoms with Crippen LogP contribution in [0.1, 0.15) is 5.56 Å². The minimum Gasteiger partial charge on any atom is -0.398 e. The van der Waals surface area contributed by atoms with Crippen molar-refractivity contribution >= 4 is 5.69 Å². The van der Waals surface area contributed by atoms with Crippen LogP contribution >= 0.6 is 0 Å². The van der Waals surface area contributed by atoms with Gasteiger partial charge in [-0.1, -0.05) is 11.8 Å². The van der Waals surface area contributed by atoms with E-state index in [1.807, 2.05) is 0 Å². The molecule has 0 aromatic heterocycles. The zero-order chi connectivity index (χ0) is 9.84. The molecule has 0 aliphatic rings. The number of hydrogen-bond acceptors (Lipinski definition) is 2. The second-order valence-corrected chi connectivity index (χ2v) is 2.31.